The third-order valence-corrected chi connectivity index (χ3v) is 10.4. The summed E-state index contributed by atoms with van der Waals surface area (Å²) in [5.41, 5.74) is 7.44. The number of hydrogen-bond donors (Lipinski definition) is 6. The topological polar surface area (TPSA) is 230 Å². The molecule has 2 atom stereocenters. The first-order valence-electron chi connectivity index (χ1n) is 19.9. The van der Waals surface area contributed by atoms with Crippen LogP contribution in [0.15, 0.2) is 60.8 Å². The summed E-state index contributed by atoms with van der Waals surface area (Å²) < 4.78 is 31.5. The molecule has 4 amide bonds. The van der Waals surface area contributed by atoms with Crippen LogP contribution in [-0.2, 0) is 40.1 Å². The van der Waals surface area contributed by atoms with Crippen molar-refractivity contribution in [1.29, 1.82) is 0 Å². The van der Waals surface area contributed by atoms with Crippen molar-refractivity contribution >= 4 is 53.1 Å². The molecule has 0 saturated carbocycles. The molecule has 2 aromatic carbocycles. The van der Waals surface area contributed by atoms with E-state index in [1.807, 2.05) is 55.7 Å². The van der Waals surface area contributed by atoms with E-state index in [4.69, 9.17) is 15.9 Å². The lowest BCUT2D eigenvalue weighted by Crippen LogP contribution is -2.49. The van der Waals surface area contributed by atoms with Crippen LogP contribution < -0.4 is 21.7 Å². The van der Waals surface area contributed by atoms with Gasteiger partial charge in [0.2, 0.25) is 23.6 Å². The Morgan fingerprint density at radius 1 is 0.852 bits per heavy atom. The van der Waals surface area contributed by atoms with E-state index < -0.39 is 65.2 Å². The lowest BCUT2D eigenvalue weighted by atomic mass is 9.83. The molecular formula is C43H56F2N6O9S. The molecule has 0 fully saturated rings. The smallest absolute Gasteiger partial charge is 0.303 e. The molecule has 0 aliphatic carbocycles. The number of halogens is 2. The van der Waals surface area contributed by atoms with E-state index in [-0.39, 0.29) is 87.0 Å². The summed E-state index contributed by atoms with van der Waals surface area (Å²) in [7, 11) is 0. The van der Waals surface area contributed by atoms with Crippen LogP contribution in [0.25, 0.3) is 11.1 Å². The number of nitrogens with two attached hydrogens (primary N) is 1. The van der Waals surface area contributed by atoms with Crippen molar-refractivity contribution in [2.75, 3.05) is 37.7 Å². The van der Waals surface area contributed by atoms with E-state index in [0.29, 0.717) is 24.2 Å². The van der Waals surface area contributed by atoms with Gasteiger partial charge in [-0.3, -0.25) is 33.6 Å². The van der Waals surface area contributed by atoms with Crippen molar-refractivity contribution in [2.24, 2.45) is 11.1 Å². The van der Waals surface area contributed by atoms with E-state index in [2.05, 4.69) is 16.0 Å². The van der Waals surface area contributed by atoms with Crippen LogP contribution in [0.2, 0.25) is 0 Å². The number of thioether (sulfide) groups is 1. The van der Waals surface area contributed by atoms with Crippen LogP contribution >= 0.6 is 11.8 Å². The summed E-state index contributed by atoms with van der Waals surface area (Å²) in [4.78, 5) is 87.7. The van der Waals surface area contributed by atoms with E-state index in [9.17, 15) is 38.0 Å². The Bertz CT molecular complexity index is 1990. The minimum atomic E-state index is -1.20. The molecule has 0 unspecified atom stereocenters. The van der Waals surface area contributed by atoms with Crippen LogP contribution in [0.4, 0.5) is 8.78 Å². The Morgan fingerprint density at radius 3 is 2.16 bits per heavy atom. The highest BCUT2D eigenvalue weighted by atomic mass is 32.2. The summed E-state index contributed by atoms with van der Waals surface area (Å²) >= 11 is 1.08. The fourth-order valence-electron chi connectivity index (χ4n) is 6.50. The van der Waals surface area contributed by atoms with Crippen molar-refractivity contribution in [1.82, 2.24) is 25.4 Å². The molecule has 0 bridgehead atoms. The Labute approximate surface area is 358 Å². The molecule has 0 aliphatic rings. The fourth-order valence-corrected chi connectivity index (χ4v) is 7.43. The number of nitrogens with one attached hydrogen (secondary N) is 3. The molecule has 61 heavy (non-hydrogen) atoms. The van der Waals surface area contributed by atoms with Gasteiger partial charge in [-0.2, -0.15) is 0 Å². The van der Waals surface area contributed by atoms with Crippen LogP contribution in [0.5, 0.6) is 0 Å². The number of amides is 4. The van der Waals surface area contributed by atoms with Crippen molar-refractivity contribution in [2.45, 2.75) is 84.3 Å². The maximum atomic E-state index is 15.2. The number of carbonyl (C=O) groups excluding carboxylic acids is 5. The summed E-state index contributed by atoms with van der Waals surface area (Å²) in [5, 5.41) is 25.3. The minimum absolute atomic E-state index is 0.0145. The first-order valence-corrected chi connectivity index (χ1v) is 21.1. The molecule has 15 nitrogen and oxygen atoms in total. The summed E-state index contributed by atoms with van der Waals surface area (Å²) in [5.74, 6) is -6.31. The largest absolute Gasteiger partial charge is 0.481 e. The molecule has 7 N–H and O–H groups in total. The normalized spacial score (nSPS) is 12.2. The number of carboxylic acids is 2. The molecule has 1 aromatic heterocycles. The van der Waals surface area contributed by atoms with Gasteiger partial charge in [0.1, 0.15) is 17.7 Å². The molecule has 1 heterocycles. The number of nitrogens with zero attached hydrogens (tertiary/aromatic N) is 2. The van der Waals surface area contributed by atoms with Gasteiger partial charge >= 0.3 is 11.9 Å². The third-order valence-electron chi connectivity index (χ3n) is 9.41. The van der Waals surface area contributed by atoms with E-state index in [0.717, 1.165) is 35.5 Å². The Hall–Kier alpha value is -5.62. The zero-order chi connectivity index (χ0) is 45.1. The number of rotatable bonds is 26. The van der Waals surface area contributed by atoms with Gasteiger partial charge in [0, 0.05) is 67.7 Å². The molecule has 0 saturated heterocycles. The molecule has 0 spiro atoms. The van der Waals surface area contributed by atoms with Gasteiger partial charge in [-0.25, -0.2) is 8.78 Å². The maximum absolute atomic E-state index is 15.2. The van der Waals surface area contributed by atoms with Gasteiger partial charge in [-0.15, -0.1) is 11.8 Å². The van der Waals surface area contributed by atoms with Gasteiger partial charge in [-0.05, 0) is 54.6 Å². The number of Topliss-reactive ketones (excluding diaryl/α,β-unsaturated/α-hetero) is 1. The second-order valence-corrected chi connectivity index (χ2v) is 16.6. The van der Waals surface area contributed by atoms with Gasteiger partial charge in [-0.1, -0.05) is 51.1 Å². The molecule has 18 heteroatoms. The first kappa shape index (κ1) is 49.7. The molecule has 0 aliphatic heterocycles. The average molecular weight is 871 g/mol. The highest BCUT2D eigenvalue weighted by Crippen LogP contribution is 2.41. The summed E-state index contributed by atoms with van der Waals surface area (Å²) in [6.07, 6.45) is 0.860. The second-order valence-electron chi connectivity index (χ2n) is 15.5. The number of carbonyl (C=O) groups is 7. The Balaban J connectivity index is 1.81. The molecular weight excluding hydrogens is 815 g/mol. The summed E-state index contributed by atoms with van der Waals surface area (Å²) in [6.45, 7) is 6.51. The number of ketones is 1. The van der Waals surface area contributed by atoms with Crippen molar-refractivity contribution in [3.8, 4) is 11.1 Å². The minimum Gasteiger partial charge on any atom is -0.481 e. The maximum Gasteiger partial charge on any atom is 0.303 e. The SMILES string of the molecule is CC(C)(C)[C@H](c1cc(-c2cc(F)ccc2F)cn1Cc1ccccc1)N(CCCN)C(=O)CSC[C@H](NC(=O)CCC(=O)O)C(=O)NCCCC(=O)CNC(=O)CCC(=O)O. The second kappa shape index (κ2) is 24.6. The zero-order valence-corrected chi connectivity index (χ0v) is 35.5. The predicted molar refractivity (Wildman–Crippen MR) is 226 cm³/mol. The first-order chi connectivity index (χ1) is 28.9. The lowest BCUT2D eigenvalue weighted by molar-refractivity contribution is -0.139. The third kappa shape index (κ3) is 17.1. The number of aliphatic carboxylic acids is 2. The Kier molecular flexibility index (Phi) is 20.1. The van der Waals surface area contributed by atoms with Crippen LogP contribution in [0.1, 0.15) is 83.0 Å². The zero-order valence-electron chi connectivity index (χ0n) is 34.7. The van der Waals surface area contributed by atoms with Crippen molar-refractivity contribution < 1.29 is 52.6 Å². The van der Waals surface area contributed by atoms with E-state index >= 15 is 4.39 Å². The van der Waals surface area contributed by atoms with Gasteiger partial charge in [0.05, 0.1) is 31.2 Å². The number of hydrogen-bond acceptors (Lipinski definition) is 9. The molecule has 332 valence electrons. The van der Waals surface area contributed by atoms with E-state index in [1.165, 1.54) is 0 Å². The fraction of sp³-hybridized carbons (Fsp3) is 0.465. The van der Waals surface area contributed by atoms with Crippen molar-refractivity contribution in [3.05, 3.63) is 83.7 Å². The highest BCUT2D eigenvalue weighted by molar-refractivity contribution is 8.00. The van der Waals surface area contributed by atoms with Gasteiger partial charge in [0.15, 0.2) is 5.78 Å². The molecule has 3 aromatic rings. The van der Waals surface area contributed by atoms with Gasteiger partial charge < -0.3 is 41.4 Å². The number of carboxylic acid groups (broad SMARTS) is 2. The molecule has 3 rings (SSSR count). The predicted octanol–water partition coefficient (Wildman–Crippen LogP) is 4.28. The quantitative estimate of drug-likeness (QED) is 0.0624. The Morgan fingerprint density at radius 2 is 1.52 bits per heavy atom. The van der Waals surface area contributed by atoms with Crippen LogP contribution in [0.3, 0.4) is 0 Å². The lowest BCUT2D eigenvalue weighted by Gasteiger charge is -2.41. The molecule has 0 radical (unpaired) electrons. The standard InChI is InChI=1S/C43H56F2N6O9S/c1-43(2,3)41(35-21-29(32-22-30(44)12-13-33(32)45)25-50(35)24-28-9-5-4-6-10-28)51(20-8-18-46)38(55)27-61-26-34(49-37(54)15-17-40(58)59)42(60)47-19-7-11-31(52)23-48-36(53)14-16-39(56)57/h4-6,9-10,12-13,21-22,25,34,41H,7-8,11,14-20,23-24,26-27,46H2,1-3H3,(H,47,60)(H,48,53)(H,49,54)(H,56,57)(H,58,59)/t34-,41-/m0/s1. The highest BCUT2D eigenvalue weighted by Gasteiger charge is 2.37. The van der Waals surface area contributed by atoms with Crippen molar-refractivity contribution in [3.63, 3.8) is 0 Å². The van der Waals surface area contributed by atoms with E-state index in [1.54, 1.807) is 17.2 Å². The monoisotopic (exact) mass is 870 g/mol. The summed E-state index contributed by atoms with van der Waals surface area (Å²) in [6, 6.07) is 12.8. The van der Waals surface area contributed by atoms with Crippen LogP contribution in [-0.4, -0.2) is 105 Å². The van der Waals surface area contributed by atoms with Crippen LogP contribution in [0, 0.1) is 17.0 Å². The number of aromatic nitrogens is 1. The van der Waals surface area contributed by atoms with Gasteiger partial charge in [0.25, 0.3) is 0 Å². The number of benzene rings is 2. The average Bonchev–Trinajstić information content (AvgIpc) is 3.60.